The number of rotatable bonds is 12. The lowest BCUT2D eigenvalue weighted by molar-refractivity contribution is 0.953. The SMILES string of the molecule is C=C(N=C(/C=C(\C)C1=CCC=C1)C(/C=C\C)=C/C)c1ccc(-n2c3ccccc3c3ccc(-c4ccc5c6c(n(-c7ccc(-c8nc(C9=CCCC=C9)cc(-c9ccccc9)n8)cc7)c5c4)C=CC(C)C=C6)cc32)cc1. The predicted octanol–water partition coefficient (Wildman–Crippen LogP) is 18.7. The molecule has 0 N–H and O–H groups in total. The molecule has 0 saturated carbocycles. The van der Waals surface area contributed by atoms with Crippen LogP contribution in [0.5, 0.6) is 0 Å². The summed E-state index contributed by atoms with van der Waals surface area (Å²) in [6, 6.07) is 52.6. The molecule has 3 aliphatic carbocycles. The molecule has 0 fully saturated rings. The minimum absolute atomic E-state index is 0.318. The van der Waals surface area contributed by atoms with Crippen LogP contribution in [0.4, 0.5) is 0 Å². The van der Waals surface area contributed by atoms with Crippen LogP contribution in [0.25, 0.3) is 101 Å². The van der Waals surface area contributed by atoms with E-state index in [4.69, 9.17) is 15.0 Å². The average molecular weight is 982 g/mol. The quantitative estimate of drug-likeness (QED) is 0.0905. The maximum absolute atomic E-state index is 5.17. The van der Waals surface area contributed by atoms with E-state index in [1.807, 2.05) is 13.0 Å². The fourth-order valence-electron chi connectivity index (χ4n) is 10.9. The molecule has 12 rings (SSSR count). The van der Waals surface area contributed by atoms with Crippen molar-refractivity contribution >= 4 is 61.8 Å². The Labute approximate surface area is 446 Å². The van der Waals surface area contributed by atoms with Crippen molar-refractivity contribution in [2.24, 2.45) is 10.9 Å². The highest BCUT2D eigenvalue weighted by Crippen LogP contribution is 2.40. The maximum Gasteiger partial charge on any atom is 0.160 e. The van der Waals surface area contributed by atoms with Gasteiger partial charge in [-0.15, -0.1) is 0 Å². The van der Waals surface area contributed by atoms with Gasteiger partial charge in [0, 0.05) is 44.2 Å². The van der Waals surface area contributed by atoms with E-state index in [0.29, 0.717) is 17.4 Å². The van der Waals surface area contributed by atoms with Crippen LogP contribution in [-0.2, 0) is 0 Å². The smallest absolute Gasteiger partial charge is 0.160 e. The van der Waals surface area contributed by atoms with Gasteiger partial charge in [-0.1, -0.05) is 171 Å². The molecule has 0 bridgehead atoms. The van der Waals surface area contributed by atoms with Crippen LogP contribution in [0.3, 0.4) is 0 Å². The zero-order valence-corrected chi connectivity index (χ0v) is 43.6. The Morgan fingerprint density at radius 1 is 0.618 bits per heavy atom. The second-order valence-corrected chi connectivity index (χ2v) is 19.9. The number of hydrogen-bond acceptors (Lipinski definition) is 3. The molecule has 0 aliphatic heterocycles. The minimum atomic E-state index is 0.318. The number of hydrogen-bond donors (Lipinski definition) is 0. The topological polar surface area (TPSA) is 48.0 Å². The van der Waals surface area contributed by atoms with Crippen LogP contribution in [-0.4, -0.2) is 24.8 Å². The van der Waals surface area contributed by atoms with Crippen LogP contribution in [0.2, 0.25) is 0 Å². The van der Waals surface area contributed by atoms with E-state index < -0.39 is 0 Å². The average Bonchev–Trinajstić information content (AvgIpc) is 4.19. The number of benzene rings is 6. The Morgan fingerprint density at radius 2 is 1.30 bits per heavy atom. The Balaban J connectivity index is 0.925. The molecule has 6 aromatic carbocycles. The van der Waals surface area contributed by atoms with Gasteiger partial charge in [0.15, 0.2) is 5.82 Å². The van der Waals surface area contributed by atoms with E-state index in [0.717, 1.165) is 109 Å². The second kappa shape index (κ2) is 20.6. The molecule has 3 aromatic heterocycles. The summed E-state index contributed by atoms with van der Waals surface area (Å²) in [5.74, 6) is 1.03. The summed E-state index contributed by atoms with van der Waals surface area (Å²) in [7, 11) is 0. The van der Waals surface area contributed by atoms with Gasteiger partial charge in [-0.25, -0.2) is 15.0 Å². The standard InChI is InChI=1S/C71H59N5/c1-6-18-50(7-2)64(43-48(4)51-19-14-15-20-51)72-49(5)52-29-35-58(36-30-52)75-67-26-17-16-25-60(67)62-40-33-56(44-69(62)75)57-34-41-63-61-39-27-47(3)28-42-68(61)76(70(63)45-57)59-37-31-55(32-38-59)71-73-65(53-21-10-8-11-22-53)46-66(74-71)54-23-12-9-13-24-54/h6-8,10-12,14,16-47H,5,9,13,15H2,1-4H3/b18-6-,48-43+,50-7+,72-64?. The van der Waals surface area contributed by atoms with Crippen molar-refractivity contribution in [2.75, 3.05) is 0 Å². The van der Waals surface area contributed by atoms with Crippen molar-refractivity contribution in [2.45, 2.75) is 47.0 Å². The third-order valence-corrected chi connectivity index (χ3v) is 14.9. The third-order valence-electron chi connectivity index (χ3n) is 14.9. The highest BCUT2D eigenvalue weighted by molar-refractivity contribution is 6.13. The zero-order valence-electron chi connectivity index (χ0n) is 43.6. The van der Waals surface area contributed by atoms with Crippen LogP contribution in [0.1, 0.15) is 69.5 Å². The summed E-state index contributed by atoms with van der Waals surface area (Å²) in [6.45, 7) is 13.0. The molecule has 1 atom stereocenters. The summed E-state index contributed by atoms with van der Waals surface area (Å²) in [5, 5.41) is 3.63. The first-order valence-corrected chi connectivity index (χ1v) is 26.6. The maximum atomic E-state index is 5.17. The summed E-state index contributed by atoms with van der Waals surface area (Å²) in [4.78, 5) is 15.5. The van der Waals surface area contributed by atoms with Crippen LogP contribution >= 0.6 is 0 Å². The van der Waals surface area contributed by atoms with Gasteiger partial charge in [0.1, 0.15) is 0 Å². The largest absolute Gasteiger partial charge is 0.309 e. The van der Waals surface area contributed by atoms with Crippen molar-refractivity contribution < 1.29 is 0 Å². The van der Waals surface area contributed by atoms with Gasteiger partial charge in [0.05, 0.1) is 45.0 Å². The van der Waals surface area contributed by atoms with Crippen molar-refractivity contribution in [3.63, 3.8) is 0 Å². The van der Waals surface area contributed by atoms with Crippen molar-refractivity contribution in [1.82, 2.24) is 19.1 Å². The predicted molar refractivity (Wildman–Crippen MR) is 324 cm³/mol. The molecular formula is C71H59N5. The molecule has 3 heterocycles. The van der Waals surface area contributed by atoms with Gasteiger partial charge in [0.25, 0.3) is 0 Å². The van der Waals surface area contributed by atoms with E-state index in [9.17, 15) is 0 Å². The molecule has 0 amide bonds. The van der Waals surface area contributed by atoms with Gasteiger partial charge < -0.3 is 9.13 Å². The fourth-order valence-corrected chi connectivity index (χ4v) is 10.9. The highest BCUT2D eigenvalue weighted by Gasteiger charge is 2.21. The van der Waals surface area contributed by atoms with Crippen molar-refractivity contribution in [1.29, 1.82) is 0 Å². The Bertz CT molecular complexity index is 4090. The van der Waals surface area contributed by atoms with Crippen molar-refractivity contribution in [3.05, 3.63) is 264 Å². The van der Waals surface area contributed by atoms with Crippen LogP contribution < -0.4 is 0 Å². The van der Waals surface area contributed by atoms with Crippen LogP contribution in [0, 0.1) is 5.92 Å². The third kappa shape index (κ3) is 9.15. The summed E-state index contributed by atoms with van der Waals surface area (Å²) in [6.07, 6.45) is 34.0. The lowest BCUT2D eigenvalue weighted by Crippen LogP contribution is -2.00. The number of para-hydroxylation sites is 1. The Kier molecular flexibility index (Phi) is 13.0. The van der Waals surface area contributed by atoms with Crippen LogP contribution in [0.15, 0.2) is 247 Å². The zero-order chi connectivity index (χ0) is 51.7. The molecule has 5 nitrogen and oxygen atoms in total. The number of allylic oxidation sites excluding steroid dienone is 16. The molecule has 0 saturated heterocycles. The van der Waals surface area contributed by atoms with Gasteiger partial charge in [-0.05, 0) is 158 Å². The van der Waals surface area contributed by atoms with E-state index >= 15 is 0 Å². The molecule has 76 heavy (non-hydrogen) atoms. The first-order chi connectivity index (χ1) is 37.3. The second-order valence-electron chi connectivity index (χ2n) is 19.9. The van der Waals surface area contributed by atoms with E-state index in [1.54, 1.807) is 0 Å². The van der Waals surface area contributed by atoms with Gasteiger partial charge in [-0.3, -0.25) is 0 Å². The summed E-state index contributed by atoms with van der Waals surface area (Å²) >= 11 is 0. The van der Waals surface area contributed by atoms with E-state index in [-0.39, 0.29) is 0 Å². The van der Waals surface area contributed by atoms with E-state index in [2.05, 4.69) is 261 Å². The summed E-state index contributed by atoms with van der Waals surface area (Å²) < 4.78 is 4.81. The number of fused-ring (bicyclic) bond motifs is 6. The van der Waals surface area contributed by atoms with Gasteiger partial charge in [0.2, 0.25) is 0 Å². The van der Waals surface area contributed by atoms with Gasteiger partial charge in [-0.2, -0.15) is 0 Å². The number of nitrogens with zero attached hydrogens (tertiary/aromatic N) is 5. The summed E-state index contributed by atoms with van der Waals surface area (Å²) in [5.41, 5.74) is 21.3. The Morgan fingerprint density at radius 3 is 2.04 bits per heavy atom. The Hall–Kier alpha value is -9.19. The lowest BCUT2D eigenvalue weighted by atomic mass is 10.0. The number of aromatic nitrogens is 4. The van der Waals surface area contributed by atoms with Crippen molar-refractivity contribution in [3.8, 4) is 45.1 Å². The molecule has 0 spiro atoms. The minimum Gasteiger partial charge on any atom is -0.309 e. The fraction of sp³-hybridized carbons (Fsp3) is 0.113. The first-order valence-electron chi connectivity index (χ1n) is 26.6. The number of aliphatic imine (C=N–C) groups is 1. The molecule has 3 aliphatic rings. The lowest BCUT2D eigenvalue weighted by Gasteiger charge is -2.13. The van der Waals surface area contributed by atoms with Gasteiger partial charge >= 0.3 is 0 Å². The first kappa shape index (κ1) is 47.8. The molecule has 0 radical (unpaired) electrons. The van der Waals surface area contributed by atoms with E-state index in [1.165, 1.54) is 32.9 Å². The monoisotopic (exact) mass is 981 g/mol. The molecule has 9 aromatic rings. The molecule has 5 heteroatoms. The normalized spacial score (nSPS) is 15.8. The molecule has 1 unspecified atom stereocenters. The highest BCUT2D eigenvalue weighted by atomic mass is 15.0. The molecule has 368 valence electrons. The molecular weight excluding hydrogens is 923 g/mol.